The molecule has 1 spiro atoms. The minimum atomic E-state index is -1.00. The summed E-state index contributed by atoms with van der Waals surface area (Å²) >= 11 is 3.46. The Morgan fingerprint density at radius 2 is 2.26 bits per heavy atom. The van der Waals surface area contributed by atoms with Gasteiger partial charge in [-0.3, -0.25) is 9.59 Å². The van der Waals surface area contributed by atoms with E-state index in [9.17, 15) is 9.59 Å². The Bertz CT molecular complexity index is 572. The molecule has 4 nitrogen and oxygen atoms in total. The molecule has 0 aromatic heterocycles. The third kappa shape index (κ3) is 2.06. The van der Waals surface area contributed by atoms with Crippen molar-refractivity contribution in [1.29, 1.82) is 0 Å². The number of carboxylic acid groups (broad SMARTS) is 1. The minimum absolute atomic E-state index is 0.0291. The molecule has 2 N–H and O–H groups in total. The second-order valence-electron chi connectivity index (χ2n) is 5.33. The van der Waals surface area contributed by atoms with Gasteiger partial charge in [-0.15, -0.1) is 0 Å². The molecule has 2 atom stereocenters. The highest BCUT2D eigenvalue weighted by Crippen LogP contribution is 2.61. The van der Waals surface area contributed by atoms with E-state index >= 15 is 0 Å². The molecule has 0 saturated heterocycles. The topological polar surface area (TPSA) is 66.4 Å². The highest BCUT2D eigenvalue weighted by atomic mass is 79.9. The van der Waals surface area contributed by atoms with Gasteiger partial charge in [-0.05, 0) is 42.5 Å². The Labute approximate surface area is 119 Å². The second-order valence-corrected chi connectivity index (χ2v) is 6.24. The summed E-state index contributed by atoms with van der Waals surface area (Å²) in [7, 11) is 0. The monoisotopic (exact) mass is 323 g/mol. The zero-order chi connectivity index (χ0) is 13.6. The smallest absolute Gasteiger partial charge is 0.322 e. The molecule has 2 aliphatic rings. The molecule has 0 heterocycles. The number of halogens is 1. The van der Waals surface area contributed by atoms with Crippen molar-refractivity contribution in [2.24, 2.45) is 5.92 Å². The van der Waals surface area contributed by atoms with Crippen molar-refractivity contribution in [3.63, 3.8) is 0 Å². The lowest BCUT2D eigenvalue weighted by Crippen LogP contribution is -2.32. The van der Waals surface area contributed by atoms with Crippen molar-refractivity contribution >= 4 is 27.8 Å². The van der Waals surface area contributed by atoms with Crippen molar-refractivity contribution < 1.29 is 14.7 Å². The number of aliphatic carboxylic acids is 1. The summed E-state index contributed by atoms with van der Waals surface area (Å²) in [6.07, 6.45) is 2.83. The zero-order valence-corrected chi connectivity index (χ0v) is 11.9. The molecular weight excluding hydrogens is 310 g/mol. The number of benzene rings is 1. The summed E-state index contributed by atoms with van der Waals surface area (Å²) in [5, 5.41) is 11.1. The van der Waals surface area contributed by atoms with Gasteiger partial charge in [-0.1, -0.05) is 22.0 Å². The fourth-order valence-electron chi connectivity index (χ4n) is 3.26. The van der Waals surface area contributed by atoms with Gasteiger partial charge in [0, 0.05) is 15.8 Å². The molecule has 0 radical (unpaired) electrons. The Kier molecular flexibility index (Phi) is 2.89. The molecule has 1 amide bonds. The molecule has 2 aliphatic carbocycles. The van der Waals surface area contributed by atoms with E-state index in [2.05, 4.69) is 33.4 Å². The summed E-state index contributed by atoms with van der Waals surface area (Å²) in [5.41, 5.74) is 2.55. The number of aryl methyl sites for hydroxylation is 1. The Morgan fingerprint density at radius 3 is 3.00 bits per heavy atom. The van der Waals surface area contributed by atoms with E-state index in [0.29, 0.717) is 0 Å². The van der Waals surface area contributed by atoms with Crippen LogP contribution in [0, 0.1) is 5.92 Å². The van der Waals surface area contributed by atoms with E-state index in [4.69, 9.17) is 5.11 Å². The van der Waals surface area contributed by atoms with Crippen LogP contribution in [-0.2, 0) is 21.4 Å². The summed E-state index contributed by atoms with van der Waals surface area (Å²) in [6, 6.07) is 6.22. The van der Waals surface area contributed by atoms with Crippen LogP contribution in [0.15, 0.2) is 22.7 Å². The van der Waals surface area contributed by atoms with Crippen LogP contribution in [0.5, 0.6) is 0 Å². The Balaban J connectivity index is 1.76. The van der Waals surface area contributed by atoms with Crippen LogP contribution in [-0.4, -0.2) is 23.5 Å². The van der Waals surface area contributed by atoms with Crippen LogP contribution in [0.3, 0.4) is 0 Å². The number of fused-ring (bicyclic) bond motifs is 2. The van der Waals surface area contributed by atoms with Gasteiger partial charge in [0.1, 0.15) is 6.54 Å². The first-order valence-corrected chi connectivity index (χ1v) is 7.11. The van der Waals surface area contributed by atoms with E-state index in [0.717, 1.165) is 23.7 Å². The normalized spacial score (nSPS) is 27.1. The Hall–Kier alpha value is -1.36. The maximum absolute atomic E-state index is 12.0. The van der Waals surface area contributed by atoms with Crippen molar-refractivity contribution in [2.75, 3.05) is 6.54 Å². The van der Waals surface area contributed by atoms with E-state index < -0.39 is 5.97 Å². The first kappa shape index (κ1) is 12.7. The lowest BCUT2D eigenvalue weighted by Gasteiger charge is -2.11. The Morgan fingerprint density at radius 1 is 1.47 bits per heavy atom. The maximum Gasteiger partial charge on any atom is 0.322 e. The SMILES string of the molecule is O=C(O)CNC(=O)C1CC12CCc1cc(Br)ccc12. The predicted molar refractivity (Wildman–Crippen MR) is 72.9 cm³/mol. The molecule has 100 valence electrons. The van der Waals surface area contributed by atoms with Gasteiger partial charge in [0.25, 0.3) is 0 Å². The fraction of sp³-hybridized carbons (Fsp3) is 0.429. The molecule has 1 fully saturated rings. The van der Waals surface area contributed by atoms with Crippen molar-refractivity contribution in [1.82, 2.24) is 5.32 Å². The van der Waals surface area contributed by atoms with Crippen molar-refractivity contribution in [3.05, 3.63) is 33.8 Å². The number of hydrogen-bond donors (Lipinski definition) is 2. The van der Waals surface area contributed by atoms with Crippen LogP contribution in [0.25, 0.3) is 0 Å². The average molecular weight is 324 g/mol. The van der Waals surface area contributed by atoms with Crippen LogP contribution >= 0.6 is 15.9 Å². The number of rotatable bonds is 3. The van der Waals surface area contributed by atoms with E-state index in [1.54, 1.807) is 0 Å². The minimum Gasteiger partial charge on any atom is -0.480 e. The summed E-state index contributed by atoms with van der Waals surface area (Å²) in [5.74, 6) is -1.19. The molecule has 0 aliphatic heterocycles. The second kappa shape index (κ2) is 4.34. The number of hydrogen-bond acceptors (Lipinski definition) is 2. The molecular formula is C14H14BrNO3. The van der Waals surface area contributed by atoms with Gasteiger partial charge in [0.15, 0.2) is 0 Å². The van der Waals surface area contributed by atoms with Crippen LogP contribution in [0.2, 0.25) is 0 Å². The van der Waals surface area contributed by atoms with Crippen LogP contribution in [0.4, 0.5) is 0 Å². The number of nitrogens with one attached hydrogen (secondary N) is 1. The van der Waals surface area contributed by atoms with Gasteiger partial charge in [-0.25, -0.2) is 0 Å². The predicted octanol–water partition coefficient (Wildman–Crippen LogP) is 1.85. The van der Waals surface area contributed by atoms with Gasteiger partial charge >= 0.3 is 5.97 Å². The number of carbonyl (C=O) groups excluding carboxylic acids is 1. The number of carboxylic acids is 1. The number of carbonyl (C=O) groups is 2. The quantitative estimate of drug-likeness (QED) is 0.892. The molecule has 0 bridgehead atoms. The lowest BCUT2D eigenvalue weighted by atomic mass is 9.95. The van der Waals surface area contributed by atoms with Crippen molar-refractivity contribution in [2.45, 2.75) is 24.7 Å². The first-order chi connectivity index (χ1) is 9.03. The molecule has 1 aromatic carbocycles. The average Bonchev–Trinajstić information content (AvgIpc) is 2.98. The standard InChI is InChI=1S/C14H14BrNO3/c15-9-1-2-10-8(5-9)3-4-14(10)6-11(14)13(19)16-7-12(17)18/h1-2,5,11H,3-4,6-7H2,(H,16,19)(H,17,18). The van der Waals surface area contributed by atoms with Crippen LogP contribution < -0.4 is 5.32 Å². The first-order valence-electron chi connectivity index (χ1n) is 6.31. The van der Waals surface area contributed by atoms with Gasteiger partial charge < -0.3 is 10.4 Å². The maximum atomic E-state index is 12.0. The summed E-state index contributed by atoms with van der Waals surface area (Å²) in [6.45, 7) is -0.293. The molecule has 5 heteroatoms. The third-order valence-electron chi connectivity index (χ3n) is 4.25. The van der Waals surface area contributed by atoms with Crippen molar-refractivity contribution in [3.8, 4) is 0 Å². The third-order valence-corrected chi connectivity index (χ3v) is 4.74. The molecule has 2 unspecified atom stereocenters. The highest BCUT2D eigenvalue weighted by Gasteiger charge is 2.61. The van der Waals surface area contributed by atoms with Crippen LogP contribution in [0.1, 0.15) is 24.0 Å². The van der Waals surface area contributed by atoms with Gasteiger partial charge in [0.05, 0.1) is 0 Å². The molecule has 1 saturated carbocycles. The molecule has 3 rings (SSSR count). The number of amides is 1. The zero-order valence-electron chi connectivity index (χ0n) is 10.3. The fourth-order valence-corrected chi connectivity index (χ4v) is 3.66. The highest BCUT2D eigenvalue weighted by molar-refractivity contribution is 9.10. The summed E-state index contributed by atoms with van der Waals surface area (Å²) < 4.78 is 1.07. The van der Waals surface area contributed by atoms with E-state index in [1.807, 2.05) is 6.07 Å². The molecule has 19 heavy (non-hydrogen) atoms. The molecule has 1 aromatic rings. The van der Waals surface area contributed by atoms with Gasteiger partial charge in [0.2, 0.25) is 5.91 Å². The summed E-state index contributed by atoms with van der Waals surface area (Å²) in [4.78, 5) is 22.4. The lowest BCUT2D eigenvalue weighted by molar-refractivity contribution is -0.138. The van der Waals surface area contributed by atoms with Gasteiger partial charge in [-0.2, -0.15) is 0 Å². The van der Waals surface area contributed by atoms with E-state index in [1.165, 1.54) is 11.1 Å². The van der Waals surface area contributed by atoms with E-state index in [-0.39, 0.29) is 23.8 Å². The largest absolute Gasteiger partial charge is 0.480 e.